The lowest BCUT2D eigenvalue weighted by atomic mass is 9.83. The lowest BCUT2D eigenvalue weighted by Gasteiger charge is -2.28. The van der Waals surface area contributed by atoms with Crippen LogP contribution in [0, 0.1) is 5.92 Å². The maximum absolute atomic E-state index is 4.62. The van der Waals surface area contributed by atoms with Gasteiger partial charge < -0.3 is 10.3 Å². The van der Waals surface area contributed by atoms with Crippen LogP contribution in [0.1, 0.15) is 51.3 Å². The molecular formula is C17H25N3. The van der Waals surface area contributed by atoms with E-state index in [2.05, 4.69) is 34.3 Å². The number of nitrogens with zero attached hydrogens (tertiary/aromatic N) is 1. The molecule has 1 aromatic heterocycles. The van der Waals surface area contributed by atoms with E-state index in [-0.39, 0.29) is 0 Å². The summed E-state index contributed by atoms with van der Waals surface area (Å²) in [5.74, 6) is 2.03. The molecular weight excluding hydrogens is 246 g/mol. The van der Waals surface area contributed by atoms with Crippen LogP contribution in [0.3, 0.4) is 0 Å². The third-order valence-corrected chi connectivity index (χ3v) is 4.54. The molecule has 1 aliphatic carbocycles. The summed E-state index contributed by atoms with van der Waals surface area (Å²) in [5.41, 5.74) is 2.20. The first-order valence-corrected chi connectivity index (χ1v) is 8.02. The molecule has 1 heterocycles. The van der Waals surface area contributed by atoms with Crippen LogP contribution < -0.4 is 5.32 Å². The number of rotatable bonds is 5. The molecule has 2 N–H and O–H groups in total. The zero-order chi connectivity index (χ0) is 13.8. The summed E-state index contributed by atoms with van der Waals surface area (Å²) in [4.78, 5) is 8.01. The van der Waals surface area contributed by atoms with Gasteiger partial charge in [-0.1, -0.05) is 31.9 Å². The summed E-state index contributed by atoms with van der Waals surface area (Å²) < 4.78 is 0. The zero-order valence-electron chi connectivity index (χ0n) is 12.4. The molecule has 1 saturated carbocycles. The maximum Gasteiger partial charge on any atom is 0.121 e. The highest BCUT2D eigenvalue weighted by Gasteiger charge is 2.20. The molecule has 1 fully saturated rings. The highest BCUT2D eigenvalue weighted by Crippen LogP contribution is 2.27. The molecule has 108 valence electrons. The Bertz CT molecular complexity index is 505. The molecule has 20 heavy (non-hydrogen) atoms. The molecule has 0 atom stereocenters. The molecule has 3 nitrogen and oxygen atoms in total. The van der Waals surface area contributed by atoms with E-state index in [1.807, 2.05) is 12.1 Å². The first-order valence-electron chi connectivity index (χ1n) is 8.02. The van der Waals surface area contributed by atoms with Crippen LogP contribution >= 0.6 is 0 Å². The molecule has 0 radical (unpaired) electrons. The van der Waals surface area contributed by atoms with Crippen LogP contribution in [0.4, 0.5) is 0 Å². The lowest BCUT2D eigenvalue weighted by molar-refractivity contribution is 0.276. The Morgan fingerprint density at radius 3 is 2.75 bits per heavy atom. The number of hydrogen-bond donors (Lipinski definition) is 2. The zero-order valence-corrected chi connectivity index (χ0v) is 12.4. The van der Waals surface area contributed by atoms with E-state index in [0.29, 0.717) is 6.04 Å². The van der Waals surface area contributed by atoms with Crippen molar-refractivity contribution in [3.8, 4) is 0 Å². The Kier molecular flexibility index (Phi) is 4.36. The summed E-state index contributed by atoms with van der Waals surface area (Å²) in [6, 6.07) is 8.91. The number of benzene rings is 1. The number of aromatic amines is 1. The van der Waals surface area contributed by atoms with Crippen LogP contribution in [0.25, 0.3) is 11.0 Å². The number of nitrogens with one attached hydrogen (secondary N) is 2. The summed E-state index contributed by atoms with van der Waals surface area (Å²) in [6.45, 7) is 3.16. The Hall–Kier alpha value is -1.35. The van der Waals surface area contributed by atoms with E-state index >= 15 is 0 Å². The van der Waals surface area contributed by atoms with Crippen molar-refractivity contribution in [3.05, 3.63) is 30.1 Å². The van der Waals surface area contributed by atoms with Gasteiger partial charge in [0, 0.05) is 6.04 Å². The highest BCUT2D eigenvalue weighted by atomic mass is 15.0. The fourth-order valence-electron chi connectivity index (χ4n) is 3.39. The van der Waals surface area contributed by atoms with Crippen molar-refractivity contribution in [3.63, 3.8) is 0 Å². The van der Waals surface area contributed by atoms with Gasteiger partial charge in [0.15, 0.2) is 0 Å². The van der Waals surface area contributed by atoms with Gasteiger partial charge in [0.25, 0.3) is 0 Å². The van der Waals surface area contributed by atoms with E-state index in [4.69, 9.17) is 0 Å². The highest BCUT2D eigenvalue weighted by molar-refractivity contribution is 5.74. The Labute approximate surface area is 121 Å². The van der Waals surface area contributed by atoms with Crippen molar-refractivity contribution in [2.45, 2.75) is 58.0 Å². The smallest absolute Gasteiger partial charge is 0.121 e. The second-order valence-electron chi connectivity index (χ2n) is 6.09. The summed E-state index contributed by atoms with van der Waals surface area (Å²) >= 11 is 0. The molecule has 3 rings (SSSR count). The van der Waals surface area contributed by atoms with Gasteiger partial charge >= 0.3 is 0 Å². The molecule has 0 aliphatic heterocycles. The molecule has 0 spiro atoms. The minimum absolute atomic E-state index is 0.677. The van der Waals surface area contributed by atoms with Gasteiger partial charge in [-0.2, -0.15) is 0 Å². The standard InChI is InChI=1S/C17H25N3/c1-2-5-13-8-10-14(11-9-13)18-12-17-19-15-6-3-4-7-16(15)20-17/h3-4,6-7,13-14,18H,2,5,8-12H2,1H3,(H,19,20). The van der Waals surface area contributed by atoms with Gasteiger partial charge in [-0.05, 0) is 43.7 Å². The molecule has 0 saturated heterocycles. The van der Waals surface area contributed by atoms with E-state index in [1.165, 1.54) is 38.5 Å². The summed E-state index contributed by atoms with van der Waals surface area (Å²) in [7, 11) is 0. The van der Waals surface area contributed by atoms with E-state index in [1.54, 1.807) is 0 Å². The van der Waals surface area contributed by atoms with Crippen molar-refractivity contribution in [1.82, 2.24) is 15.3 Å². The quantitative estimate of drug-likeness (QED) is 0.862. The second-order valence-corrected chi connectivity index (χ2v) is 6.09. The van der Waals surface area contributed by atoms with Crippen molar-refractivity contribution in [2.75, 3.05) is 0 Å². The number of hydrogen-bond acceptors (Lipinski definition) is 2. The van der Waals surface area contributed by atoms with Gasteiger partial charge in [-0.15, -0.1) is 0 Å². The Morgan fingerprint density at radius 2 is 2.00 bits per heavy atom. The summed E-state index contributed by atoms with van der Waals surface area (Å²) in [5, 5.41) is 3.67. The number of aromatic nitrogens is 2. The monoisotopic (exact) mass is 271 g/mol. The van der Waals surface area contributed by atoms with E-state index in [0.717, 1.165) is 29.3 Å². The largest absolute Gasteiger partial charge is 0.341 e. The van der Waals surface area contributed by atoms with Gasteiger partial charge in [-0.25, -0.2) is 4.98 Å². The van der Waals surface area contributed by atoms with Gasteiger partial charge in [0.1, 0.15) is 5.82 Å². The van der Waals surface area contributed by atoms with E-state index in [9.17, 15) is 0 Å². The number of imidazole rings is 1. The Morgan fingerprint density at radius 1 is 1.20 bits per heavy atom. The van der Waals surface area contributed by atoms with Crippen LogP contribution in [-0.4, -0.2) is 16.0 Å². The van der Waals surface area contributed by atoms with Crippen molar-refractivity contribution >= 4 is 11.0 Å². The number of H-pyrrole nitrogens is 1. The molecule has 1 aromatic carbocycles. The number of para-hydroxylation sites is 2. The lowest BCUT2D eigenvalue weighted by Crippen LogP contribution is -2.33. The average Bonchev–Trinajstić information content (AvgIpc) is 2.90. The van der Waals surface area contributed by atoms with Crippen LogP contribution in [0.5, 0.6) is 0 Å². The third-order valence-electron chi connectivity index (χ3n) is 4.54. The number of fused-ring (bicyclic) bond motifs is 1. The molecule has 0 bridgehead atoms. The topological polar surface area (TPSA) is 40.7 Å². The predicted molar refractivity (Wildman–Crippen MR) is 83.6 cm³/mol. The average molecular weight is 271 g/mol. The molecule has 0 unspecified atom stereocenters. The molecule has 2 aromatic rings. The first-order chi connectivity index (χ1) is 9.85. The first kappa shape index (κ1) is 13.6. The third kappa shape index (κ3) is 3.21. The minimum Gasteiger partial charge on any atom is -0.341 e. The minimum atomic E-state index is 0.677. The Balaban J connectivity index is 1.50. The van der Waals surface area contributed by atoms with Crippen molar-refractivity contribution in [2.24, 2.45) is 5.92 Å². The normalized spacial score (nSPS) is 23.2. The predicted octanol–water partition coefficient (Wildman–Crippen LogP) is 4.01. The SMILES string of the molecule is CCCC1CCC(NCc2nc3ccccc3[nH]2)CC1. The van der Waals surface area contributed by atoms with Crippen LogP contribution in [0.15, 0.2) is 24.3 Å². The fourth-order valence-corrected chi connectivity index (χ4v) is 3.39. The van der Waals surface area contributed by atoms with Crippen molar-refractivity contribution < 1.29 is 0 Å². The molecule has 0 amide bonds. The molecule has 1 aliphatic rings. The summed E-state index contributed by atoms with van der Waals surface area (Å²) in [6.07, 6.45) is 8.19. The molecule has 3 heteroatoms. The van der Waals surface area contributed by atoms with Gasteiger partial charge in [0.05, 0.1) is 17.6 Å². The van der Waals surface area contributed by atoms with Crippen molar-refractivity contribution in [1.29, 1.82) is 0 Å². The van der Waals surface area contributed by atoms with Crippen LogP contribution in [-0.2, 0) is 6.54 Å². The van der Waals surface area contributed by atoms with Gasteiger partial charge in [-0.3, -0.25) is 0 Å². The maximum atomic E-state index is 4.62. The van der Waals surface area contributed by atoms with Gasteiger partial charge in [0.2, 0.25) is 0 Å². The van der Waals surface area contributed by atoms with E-state index < -0.39 is 0 Å². The van der Waals surface area contributed by atoms with Crippen LogP contribution in [0.2, 0.25) is 0 Å². The second kappa shape index (κ2) is 6.40. The fraction of sp³-hybridized carbons (Fsp3) is 0.588.